The van der Waals surface area contributed by atoms with E-state index in [2.05, 4.69) is 10.0 Å². The quantitative estimate of drug-likeness (QED) is 0.839. The molecule has 2 aliphatic heterocycles. The van der Waals surface area contributed by atoms with Gasteiger partial charge in [-0.3, -0.25) is 9.59 Å². The van der Waals surface area contributed by atoms with Crippen molar-refractivity contribution < 1.29 is 18.0 Å². The Morgan fingerprint density at radius 3 is 2.88 bits per heavy atom. The molecule has 0 spiro atoms. The number of rotatable bonds is 3. The predicted molar refractivity (Wildman–Crippen MR) is 90.3 cm³/mol. The number of hydrogen-bond acceptors (Lipinski definition) is 4. The van der Waals surface area contributed by atoms with E-state index in [0.29, 0.717) is 37.8 Å². The summed E-state index contributed by atoms with van der Waals surface area (Å²) in [6.07, 6.45) is 2.25. The molecule has 2 aliphatic rings. The highest BCUT2D eigenvalue weighted by molar-refractivity contribution is 7.90. The highest BCUT2D eigenvalue weighted by Crippen LogP contribution is 2.25. The largest absolute Gasteiger partial charge is 0.337 e. The number of benzene rings is 1. The Labute approximate surface area is 141 Å². The fourth-order valence-corrected chi connectivity index (χ4v) is 4.43. The number of nitrogens with zero attached hydrogens (tertiary/aromatic N) is 1. The summed E-state index contributed by atoms with van der Waals surface area (Å²) in [5.41, 5.74) is 2.22. The molecule has 2 amide bonds. The van der Waals surface area contributed by atoms with Gasteiger partial charge in [-0.15, -0.1) is 0 Å². The van der Waals surface area contributed by atoms with Crippen molar-refractivity contribution in [2.45, 2.75) is 30.9 Å². The second-order valence-electron chi connectivity index (χ2n) is 6.18. The van der Waals surface area contributed by atoms with Crippen LogP contribution in [0.1, 0.15) is 35.2 Å². The standard InChI is InChI=1S/C16H21N3O4S/c1-17-24(22,23)13-3-2-8-19(10-13)16(21)12-4-6-14-11(9-12)5-7-15(20)18-14/h4,6,9,13,17H,2-3,5,7-8,10H2,1H3,(H,18,20). The van der Waals surface area contributed by atoms with Crippen molar-refractivity contribution >= 4 is 27.5 Å². The van der Waals surface area contributed by atoms with Crippen molar-refractivity contribution in [3.8, 4) is 0 Å². The Kier molecular flexibility index (Phi) is 4.60. The third-order valence-electron chi connectivity index (χ3n) is 4.64. The van der Waals surface area contributed by atoms with E-state index in [0.717, 1.165) is 11.3 Å². The van der Waals surface area contributed by atoms with Crippen molar-refractivity contribution in [1.29, 1.82) is 0 Å². The minimum absolute atomic E-state index is 0.0160. The van der Waals surface area contributed by atoms with Crippen LogP contribution in [0, 0.1) is 0 Å². The molecule has 0 aliphatic carbocycles. The van der Waals surface area contributed by atoms with Gasteiger partial charge in [-0.1, -0.05) is 0 Å². The summed E-state index contributed by atoms with van der Waals surface area (Å²) in [5.74, 6) is -0.177. The maximum absolute atomic E-state index is 12.7. The van der Waals surface area contributed by atoms with Gasteiger partial charge >= 0.3 is 0 Å². The molecule has 3 rings (SSSR count). The Balaban J connectivity index is 1.78. The van der Waals surface area contributed by atoms with Gasteiger partial charge in [0.15, 0.2) is 0 Å². The minimum atomic E-state index is -3.38. The average Bonchev–Trinajstić information content (AvgIpc) is 2.60. The molecule has 1 aromatic carbocycles. The number of anilines is 1. The van der Waals surface area contributed by atoms with E-state index in [1.54, 1.807) is 23.1 Å². The summed E-state index contributed by atoms with van der Waals surface area (Å²) in [4.78, 5) is 25.7. The zero-order valence-corrected chi connectivity index (χ0v) is 14.4. The van der Waals surface area contributed by atoms with Crippen LogP contribution in [-0.2, 0) is 21.2 Å². The first-order valence-corrected chi connectivity index (χ1v) is 9.60. The van der Waals surface area contributed by atoms with E-state index < -0.39 is 15.3 Å². The molecule has 7 nitrogen and oxygen atoms in total. The highest BCUT2D eigenvalue weighted by atomic mass is 32.2. The first-order chi connectivity index (χ1) is 11.4. The van der Waals surface area contributed by atoms with Gasteiger partial charge in [0, 0.05) is 30.8 Å². The normalized spacial score (nSPS) is 21.1. The van der Waals surface area contributed by atoms with Crippen LogP contribution in [0.15, 0.2) is 18.2 Å². The number of aryl methyl sites for hydroxylation is 1. The van der Waals surface area contributed by atoms with Crippen molar-refractivity contribution in [3.63, 3.8) is 0 Å². The molecule has 1 fully saturated rings. The number of amides is 2. The molecule has 0 bridgehead atoms. The number of carbonyl (C=O) groups excluding carboxylic acids is 2. The maximum Gasteiger partial charge on any atom is 0.253 e. The number of hydrogen-bond donors (Lipinski definition) is 2. The lowest BCUT2D eigenvalue weighted by Gasteiger charge is -2.32. The lowest BCUT2D eigenvalue weighted by Crippen LogP contribution is -2.47. The van der Waals surface area contributed by atoms with Gasteiger partial charge < -0.3 is 10.2 Å². The topological polar surface area (TPSA) is 95.6 Å². The van der Waals surface area contributed by atoms with Crippen LogP contribution in [-0.4, -0.2) is 50.5 Å². The number of likely N-dealkylation sites (tertiary alicyclic amines) is 1. The second kappa shape index (κ2) is 6.52. The Hall–Kier alpha value is -1.93. The molecule has 1 aromatic rings. The number of piperidine rings is 1. The summed E-state index contributed by atoms with van der Waals surface area (Å²) in [5, 5.41) is 2.22. The van der Waals surface area contributed by atoms with Gasteiger partial charge in [-0.2, -0.15) is 0 Å². The second-order valence-corrected chi connectivity index (χ2v) is 8.35. The smallest absolute Gasteiger partial charge is 0.253 e. The molecule has 8 heteroatoms. The Morgan fingerprint density at radius 2 is 2.12 bits per heavy atom. The van der Waals surface area contributed by atoms with Gasteiger partial charge in [0.1, 0.15) is 0 Å². The zero-order chi connectivity index (χ0) is 17.3. The molecule has 1 saturated heterocycles. The minimum Gasteiger partial charge on any atom is -0.337 e. The third-order valence-corrected chi connectivity index (χ3v) is 6.47. The summed E-state index contributed by atoms with van der Waals surface area (Å²) >= 11 is 0. The summed E-state index contributed by atoms with van der Waals surface area (Å²) in [6, 6.07) is 5.22. The van der Waals surface area contributed by atoms with Crippen molar-refractivity contribution in [1.82, 2.24) is 9.62 Å². The SMILES string of the molecule is CNS(=O)(=O)C1CCCN(C(=O)c2ccc3c(c2)CCC(=O)N3)C1. The van der Waals surface area contributed by atoms with Gasteiger partial charge in [0.25, 0.3) is 5.91 Å². The summed E-state index contributed by atoms with van der Waals surface area (Å²) in [6.45, 7) is 0.762. The van der Waals surface area contributed by atoms with E-state index in [4.69, 9.17) is 0 Å². The molecule has 0 saturated carbocycles. The van der Waals surface area contributed by atoms with Gasteiger partial charge in [0.05, 0.1) is 5.25 Å². The molecular formula is C16H21N3O4S. The maximum atomic E-state index is 12.7. The molecule has 24 heavy (non-hydrogen) atoms. The van der Waals surface area contributed by atoms with E-state index in [1.807, 2.05) is 0 Å². The monoisotopic (exact) mass is 351 g/mol. The van der Waals surface area contributed by atoms with Gasteiger partial charge in [-0.05, 0) is 50.1 Å². The molecule has 130 valence electrons. The van der Waals surface area contributed by atoms with E-state index in [9.17, 15) is 18.0 Å². The van der Waals surface area contributed by atoms with Crippen LogP contribution in [0.4, 0.5) is 5.69 Å². The first kappa shape index (κ1) is 16.9. The highest BCUT2D eigenvalue weighted by Gasteiger charge is 2.32. The number of carbonyl (C=O) groups is 2. The average molecular weight is 351 g/mol. The van der Waals surface area contributed by atoms with Crippen molar-refractivity contribution in [2.75, 3.05) is 25.5 Å². The lowest BCUT2D eigenvalue weighted by atomic mass is 9.99. The summed E-state index contributed by atoms with van der Waals surface area (Å²) in [7, 11) is -1.99. The lowest BCUT2D eigenvalue weighted by molar-refractivity contribution is -0.116. The first-order valence-electron chi connectivity index (χ1n) is 8.05. The van der Waals surface area contributed by atoms with Gasteiger partial charge in [0.2, 0.25) is 15.9 Å². The van der Waals surface area contributed by atoms with Crippen LogP contribution in [0.2, 0.25) is 0 Å². The van der Waals surface area contributed by atoms with E-state index in [-0.39, 0.29) is 18.4 Å². The van der Waals surface area contributed by atoms with Crippen LogP contribution in [0.5, 0.6) is 0 Å². The van der Waals surface area contributed by atoms with Crippen molar-refractivity contribution in [2.24, 2.45) is 0 Å². The van der Waals surface area contributed by atoms with Crippen LogP contribution in [0.25, 0.3) is 0 Å². The van der Waals surface area contributed by atoms with E-state index >= 15 is 0 Å². The number of nitrogens with one attached hydrogen (secondary N) is 2. The Bertz CT molecular complexity index is 776. The third kappa shape index (κ3) is 3.29. The fourth-order valence-electron chi connectivity index (χ4n) is 3.24. The molecule has 1 unspecified atom stereocenters. The molecule has 0 radical (unpaired) electrons. The summed E-state index contributed by atoms with van der Waals surface area (Å²) < 4.78 is 26.3. The molecule has 1 atom stereocenters. The fraction of sp³-hybridized carbons (Fsp3) is 0.500. The number of sulfonamides is 1. The molecule has 0 aromatic heterocycles. The molecule has 2 heterocycles. The van der Waals surface area contributed by atoms with Crippen LogP contribution in [0.3, 0.4) is 0 Å². The van der Waals surface area contributed by atoms with Crippen LogP contribution >= 0.6 is 0 Å². The zero-order valence-electron chi connectivity index (χ0n) is 13.5. The van der Waals surface area contributed by atoms with Crippen LogP contribution < -0.4 is 10.0 Å². The predicted octanol–water partition coefficient (Wildman–Crippen LogP) is 0.725. The van der Waals surface area contributed by atoms with Gasteiger partial charge in [-0.25, -0.2) is 13.1 Å². The number of fused-ring (bicyclic) bond motifs is 1. The Morgan fingerprint density at radius 1 is 1.33 bits per heavy atom. The van der Waals surface area contributed by atoms with Crippen molar-refractivity contribution in [3.05, 3.63) is 29.3 Å². The molecular weight excluding hydrogens is 330 g/mol. The molecule has 2 N–H and O–H groups in total. The van der Waals surface area contributed by atoms with E-state index in [1.165, 1.54) is 7.05 Å².